The molecule has 0 bridgehead atoms. The molecule has 0 spiro atoms. The van der Waals surface area contributed by atoms with Gasteiger partial charge in [0.2, 0.25) is 0 Å². The second kappa shape index (κ2) is 14.5. The molecule has 0 heterocycles. The summed E-state index contributed by atoms with van der Waals surface area (Å²) >= 11 is 0. The van der Waals surface area contributed by atoms with Crippen LogP contribution in [-0.2, 0) is 9.53 Å². The zero-order valence-corrected chi connectivity index (χ0v) is 19.1. The second-order valence-electron chi connectivity index (χ2n) is 7.53. The van der Waals surface area contributed by atoms with Crippen LogP contribution in [0.15, 0.2) is 66.8 Å². The van der Waals surface area contributed by atoms with Crippen LogP contribution in [0, 0.1) is 17.6 Å². The van der Waals surface area contributed by atoms with Crippen molar-refractivity contribution in [2.45, 2.75) is 25.9 Å². The van der Waals surface area contributed by atoms with E-state index in [1.807, 2.05) is 13.0 Å². The van der Waals surface area contributed by atoms with Crippen LogP contribution in [0.3, 0.4) is 0 Å². The lowest BCUT2D eigenvalue weighted by molar-refractivity contribution is -0.124. The molecule has 0 fully saturated rings. The van der Waals surface area contributed by atoms with Crippen molar-refractivity contribution < 1.29 is 38.2 Å². The van der Waals surface area contributed by atoms with E-state index in [1.54, 1.807) is 30.3 Å². The molecule has 0 radical (unpaired) electrons. The number of aliphatic hydroxyl groups is 1. The molecule has 0 unspecified atom stereocenters. The summed E-state index contributed by atoms with van der Waals surface area (Å²) in [5, 5.41) is 19.6. The van der Waals surface area contributed by atoms with Gasteiger partial charge in [-0.2, -0.15) is 0 Å². The molecule has 0 aromatic heterocycles. The Balaban J connectivity index is 2.10. The van der Waals surface area contributed by atoms with Gasteiger partial charge in [-0.05, 0) is 48.6 Å². The number of hydrogen-bond acceptors (Lipinski definition) is 6. The Kier molecular flexibility index (Phi) is 11.4. The molecule has 2 amide bonds. The van der Waals surface area contributed by atoms with E-state index < -0.39 is 29.7 Å². The largest absolute Gasteiger partial charge is 0.491 e. The molecule has 2 aromatic carbocycles. The number of carbonyl (C=O) groups is 2. The van der Waals surface area contributed by atoms with Crippen molar-refractivity contribution in [3.05, 3.63) is 84.0 Å². The summed E-state index contributed by atoms with van der Waals surface area (Å²) in [6.45, 7) is 1.90. The van der Waals surface area contributed by atoms with Gasteiger partial charge in [0, 0.05) is 12.1 Å². The molecular formula is C25H28F2N2O6. The Morgan fingerprint density at radius 2 is 1.86 bits per heavy atom. The number of aliphatic hydroxyl groups excluding tert-OH is 1. The number of benzene rings is 2. The molecule has 0 saturated carbocycles. The highest BCUT2D eigenvalue weighted by atomic mass is 19.1. The molecule has 0 aliphatic heterocycles. The lowest BCUT2D eigenvalue weighted by Crippen LogP contribution is -2.22. The lowest BCUT2D eigenvalue weighted by atomic mass is 9.93. The lowest BCUT2D eigenvalue weighted by Gasteiger charge is -2.25. The standard InChI is InChI=1S/C25H28F2N2O6/c1-17(6-4-2-3-5-7-23(31)29-33)24(18-8-11-20(12-9-18)34-15-14-30)35-25(32)28-22-13-10-19(26)16-21(22)27/h2-3,5,7-13,16-17,24,30,33H,4,6,14-15H2,1H3,(H,28,32)(H,29,31)/b3-2+,7-5+/t17-,24+/m0/s1. The Labute approximate surface area is 201 Å². The van der Waals surface area contributed by atoms with Crippen molar-refractivity contribution in [3.8, 4) is 5.75 Å². The van der Waals surface area contributed by atoms with Crippen molar-refractivity contribution in [2.24, 2.45) is 5.92 Å². The first-order valence-electron chi connectivity index (χ1n) is 10.9. The highest BCUT2D eigenvalue weighted by Gasteiger charge is 2.24. The van der Waals surface area contributed by atoms with Gasteiger partial charge in [0.05, 0.1) is 12.3 Å². The average molecular weight is 491 g/mol. The predicted octanol–water partition coefficient (Wildman–Crippen LogP) is 4.66. The van der Waals surface area contributed by atoms with E-state index in [0.717, 1.165) is 18.2 Å². The number of ether oxygens (including phenoxy) is 2. The van der Waals surface area contributed by atoms with Crippen LogP contribution in [0.4, 0.5) is 19.3 Å². The number of nitrogens with one attached hydrogen (secondary N) is 2. The third-order valence-electron chi connectivity index (χ3n) is 4.88. The molecule has 0 saturated heterocycles. The van der Waals surface area contributed by atoms with E-state index in [2.05, 4.69) is 5.32 Å². The third kappa shape index (κ3) is 9.55. The van der Waals surface area contributed by atoms with E-state index in [9.17, 15) is 18.4 Å². The summed E-state index contributed by atoms with van der Waals surface area (Å²) in [7, 11) is 0. The Hall–Kier alpha value is -3.76. The Bertz CT molecular complexity index is 1030. The smallest absolute Gasteiger partial charge is 0.412 e. The van der Waals surface area contributed by atoms with E-state index in [1.165, 1.54) is 11.6 Å². The number of anilines is 1. The number of allylic oxidation sites excluding steroid dienone is 3. The molecule has 2 atom stereocenters. The van der Waals surface area contributed by atoms with Gasteiger partial charge in [-0.25, -0.2) is 19.1 Å². The van der Waals surface area contributed by atoms with Gasteiger partial charge in [0.1, 0.15) is 30.1 Å². The summed E-state index contributed by atoms with van der Waals surface area (Å²) < 4.78 is 38.0. The number of carbonyl (C=O) groups excluding carboxylic acids is 2. The molecule has 0 aliphatic rings. The predicted molar refractivity (Wildman–Crippen MR) is 125 cm³/mol. The van der Waals surface area contributed by atoms with E-state index >= 15 is 0 Å². The number of hydroxylamine groups is 1. The molecule has 10 heteroatoms. The Morgan fingerprint density at radius 3 is 2.51 bits per heavy atom. The molecular weight excluding hydrogens is 462 g/mol. The van der Waals surface area contributed by atoms with Gasteiger partial charge in [0.15, 0.2) is 0 Å². The van der Waals surface area contributed by atoms with Crippen LogP contribution in [-0.4, -0.2) is 35.5 Å². The molecule has 0 aliphatic carbocycles. The van der Waals surface area contributed by atoms with Gasteiger partial charge in [0.25, 0.3) is 5.91 Å². The topological polar surface area (TPSA) is 117 Å². The van der Waals surface area contributed by atoms with Crippen LogP contribution < -0.4 is 15.5 Å². The Morgan fingerprint density at radius 1 is 1.11 bits per heavy atom. The van der Waals surface area contributed by atoms with Crippen LogP contribution in [0.25, 0.3) is 0 Å². The first-order chi connectivity index (χ1) is 16.8. The SMILES string of the molecule is C[C@@H](CC/C=C/C=C/C(=O)NO)[C@@H](OC(=O)Nc1ccc(F)cc1F)c1ccc(OCCO)cc1. The monoisotopic (exact) mass is 490 g/mol. The van der Waals surface area contributed by atoms with E-state index in [-0.39, 0.29) is 24.8 Å². The van der Waals surface area contributed by atoms with Crippen LogP contribution in [0.2, 0.25) is 0 Å². The van der Waals surface area contributed by atoms with Gasteiger partial charge >= 0.3 is 6.09 Å². The van der Waals surface area contributed by atoms with Gasteiger partial charge in [-0.15, -0.1) is 0 Å². The minimum absolute atomic E-state index is 0.127. The minimum Gasteiger partial charge on any atom is -0.491 e. The molecule has 2 rings (SSSR count). The van der Waals surface area contributed by atoms with Crippen LogP contribution >= 0.6 is 0 Å². The maximum absolute atomic E-state index is 13.9. The number of amides is 2. The van der Waals surface area contributed by atoms with Crippen molar-refractivity contribution in [2.75, 3.05) is 18.5 Å². The van der Waals surface area contributed by atoms with Gasteiger partial charge in [-0.1, -0.05) is 37.3 Å². The average Bonchev–Trinajstić information content (AvgIpc) is 2.85. The van der Waals surface area contributed by atoms with Crippen LogP contribution in [0.1, 0.15) is 31.4 Å². The van der Waals surface area contributed by atoms with Gasteiger partial charge < -0.3 is 14.6 Å². The first kappa shape index (κ1) is 27.5. The minimum atomic E-state index is -0.926. The van der Waals surface area contributed by atoms with Crippen molar-refractivity contribution in [1.29, 1.82) is 0 Å². The fraction of sp³-hybridized carbons (Fsp3) is 0.280. The zero-order valence-electron chi connectivity index (χ0n) is 19.1. The summed E-state index contributed by atoms with van der Waals surface area (Å²) in [5.41, 5.74) is 1.95. The highest BCUT2D eigenvalue weighted by Crippen LogP contribution is 2.31. The number of hydrogen-bond donors (Lipinski definition) is 4. The fourth-order valence-corrected chi connectivity index (χ4v) is 3.14. The molecule has 35 heavy (non-hydrogen) atoms. The quantitative estimate of drug-likeness (QED) is 0.149. The fourth-order valence-electron chi connectivity index (χ4n) is 3.14. The maximum atomic E-state index is 13.9. The van der Waals surface area contributed by atoms with Crippen molar-refractivity contribution in [3.63, 3.8) is 0 Å². The summed E-state index contributed by atoms with van der Waals surface area (Å²) in [5.74, 6) is -1.97. The number of rotatable bonds is 12. The first-order valence-corrected chi connectivity index (χ1v) is 10.9. The summed E-state index contributed by atoms with van der Waals surface area (Å²) in [6, 6.07) is 9.61. The normalized spacial score (nSPS) is 12.9. The zero-order chi connectivity index (χ0) is 25.6. The maximum Gasteiger partial charge on any atom is 0.412 e. The molecule has 4 N–H and O–H groups in total. The molecule has 188 valence electrons. The summed E-state index contributed by atoms with van der Waals surface area (Å²) in [6.07, 6.45) is 5.69. The summed E-state index contributed by atoms with van der Waals surface area (Å²) in [4.78, 5) is 23.5. The van der Waals surface area contributed by atoms with Crippen molar-refractivity contribution in [1.82, 2.24) is 5.48 Å². The molecule has 8 nitrogen and oxygen atoms in total. The molecule has 2 aromatic rings. The second-order valence-corrected chi connectivity index (χ2v) is 7.53. The number of halogens is 2. The van der Waals surface area contributed by atoms with E-state index in [0.29, 0.717) is 30.2 Å². The van der Waals surface area contributed by atoms with Crippen LogP contribution in [0.5, 0.6) is 5.75 Å². The van der Waals surface area contributed by atoms with E-state index in [4.69, 9.17) is 19.8 Å². The van der Waals surface area contributed by atoms with Crippen molar-refractivity contribution >= 4 is 17.7 Å². The third-order valence-corrected chi connectivity index (χ3v) is 4.88. The highest BCUT2D eigenvalue weighted by molar-refractivity contribution is 5.86. The van der Waals surface area contributed by atoms with Gasteiger partial charge in [-0.3, -0.25) is 15.3 Å².